The van der Waals surface area contributed by atoms with Crippen LogP contribution in [0.4, 0.5) is 0 Å². The third-order valence-electron chi connectivity index (χ3n) is 3.45. The van der Waals surface area contributed by atoms with E-state index in [1.807, 2.05) is 39.0 Å². The number of hydrogen-bond donors (Lipinski definition) is 1. The monoisotopic (exact) mass is 304 g/mol. The van der Waals surface area contributed by atoms with Gasteiger partial charge in [-0.15, -0.1) is 11.3 Å². The molecule has 0 unspecified atom stereocenters. The first-order valence-corrected chi connectivity index (χ1v) is 7.43. The number of thiophene rings is 1. The van der Waals surface area contributed by atoms with Gasteiger partial charge in [0.25, 0.3) is 5.56 Å². The minimum Gasteiger partial charge on any atom is -0.267 e. The summed E-state index contributed by atoms with van der Waals surface area (Å²) in [6.45, 7) is 5.90. The molecule has 2 heterocycles. The Labute approximate surface area is 125 Å². The summed E-state index contributed by atoms with van der Waals surface area (Å²) >= 11 is 7.64. The largest absolute Gasteiger partial charge is 0.272 e. The van der Waals surface area contributed by atoms with Crippen molar-refractivity contribution in [1.82, 2.24) is 10.2 Å². The van der Waals surface area contributed by atoms with E-state index in [4.69, 9.17) is 11.6 Å². The number of hydrogen-bond acceptors (Lipinski definition) is 3. The van der Waals surface area contributed by atoms with Crippen molar-refractivity contribution in [3.05, 3.63) is 49.6 Å². The molecule has 3 rings (SSSR count). The molecule has 0 saturated carbocycles. The topological polar surface area (TPSA) is 45.8 Å². The number of nitrogens with zero attached hydrogens (tertiary/aromatic N) is 1. The van der Waals surface area contributed by atoms with E-state index in [0.717, 1.165) is 37.0 Å². The number of nitrogens with one attached hydrogen (secondary N) is 1. The molecule has 1 N–H and O–H groups in total. The molecular weight excluding hydrogens is 292 g/mol. The zero-order chi connectivity index (χ0) is 14.4. The molecule has 0 bridgehead atoms. The van der Waals surface area contributed by atoms with Gasteiger partial charge >= 0.3 is 0 Å². The number of halogens is 1. The van der Waals surface area contributed by atoms with Crippen LogP contribution in [0, 0.1) is 20.8 Å². The molecule has 0 aliphatic carbocycles. The quantitative estimate of drug-likeness (QED) is 0.731. The SMILES string of the molecule is Cc1cc(-c2n[nH]c(=O)c3c(C)ccc(C)c23)sc1Cl. The van der Waals surface area contributed by atoms with Crippen LogP contribution < -0.4 is 5.56 Å². The van der Waals surface area contributed by atoms with E-state index in [-0.39, 0.29) is 5.56 Å². The van der Waals surface area contributed by atoms with Crippen LogP contribution >= 0.6 is 22.9 Å². The second-order valence-electron chi connectivity index (χ2n) is 4.92. The lowest BCUT2D eigenvalue weighted by atomic mass is 10.0. The minimum absolute atomic E-state index is 0.149. The molecule has 0 amide bonds. The highest BCUT2D eigenvalue weighted by molar-refractivity contribution is 7.19. The Morgan fingerprint density at radius 3 is 2.35 bits per heavy atom. The Balaban J connectivity index is 2.46. The maximum absolute atomic E-state index is 12.1. The fourth-order valence-corrected chi connectivity index (χ4v) is 3.58. The van der Waals surface area contributed by atoms with E-state index < -0.39 is 0 Å². The molecule has 3 nitrogen and oxygen atoms in total. The molecule has 20 heavy (non-hydrogen) atoms. The molecule has 0 atom stereocenters. The molecule has 1 aromatic carbocycles. The van der Waals surface area contributed by atoms with Crippen LogP contribution in [0.3, 0.4) is 0 Å². The summed E-state index contributed by atoms with van der Waals surface area (Å²) in [5.41, 5.74) is 3.67. The van der Waals surface area contributed by atoms with Crippen LogP contribution in [-0.2, 0) is 0 Å². The number of aromatic nitrogens is 2. The number of fused-ring (bicyclic) bond motifs is 1. The standard InChI is InChI=1S/C15H13ClN2OS/c1-7-4-5-8(2)12-11(7)13(17-18-15(12)19)10-6-9(3)14(16)20-10/h4-6H,1-3H3,(H,18,19). The van der Waals surface area contributed by atoms with Crippen LogP contribution in [0.25, 0.3) is 21.3 Å². The van der Waals surface area contributed by atoms with Crippen molar-refractivity contribution in [2.24, 2.45) is 0 Å². The highest BCUT2D eigenvalue weighted by atomic mass is 35.5. The predicted octanol–water partition coefficient (Wildman–Crippen LogP) is 4.23. The summed E-state index contributed by atoms with van der Waals surface area (Å²) in [7, 11) is 0. The maximum Gasteiger partial charge on any atom is 0.272 e. The summed E-state index contributed by atoms with van der Waals surface area (Å²) in [6.07, 6.45) is 0. The normalized spacial score (nSPS) is 11.2. The Kier molecular flexibility index (Phi) is 3.15. The molecule has 0 spiro atoms. The number of benzene rings is 1. The molecule has 0 radical (unpaired) electrons. The smallest absolute Gasteiger partial charge is 0.267 e. The zero-order valence-corrected chi connectivity index (χ0v) is 12.9. The fraction of sp³-hybridized carbons (Fsp3) is 0.200. The van der Waals surface area contributed by atoms with Gasteiger partial charge in [0, 0.05) is 5.39 Å². The summed E-state index contributed by atoms with van der Waals surface area (Å²) in [5.74, 6) is 0. The van der Waals surface area contributed by atoms with Crippen molar-refractivity contribution in [2.75, 3.05) is 0 Å². The summed E-state index contributed by atoms with van der Waals surface area (Å²) in [4.78, 5) is 13.0. The number of H-pyrrole nitrogens is 1. The lowest BCUT2D eigenvalue weighted by Crippen LogP contribution is -2.11. The number of rotatable bonds is 1. The van der Waals surface area contributed by atoms with E-state index in [0.29, 0.717) is 5.39 Å². The third kappa shape index (κ3) is 1.96. The Bertz CT molecular complexity index is 860. The Hall–Kier alpha value is -1.65. The molecule has 0 saturated heterocycles. The third-order valence-corrected chi connectivity index (χ3v) is 5.01. The first-order valence-electron chi connectivity index (χ1n) is 6.24. The number of aromatic amines is 1. The molecule has 0 aliphatic heterocycles. The van der Waals surface area contributed by atoms with Crippen LogP contribution in [0.15, 0.2) is 23.0 Å². The highest BCUT2D eigenvalue weighted by Gasteiger charge is 2.15. The maximum atomic E-state index is 12.1. The van der Waals surface area contributed by atoms with Gasteiger partial charge in [-0.2, -0.15) is 5.10 Å². The lowest BCUT2D eigenvalue weighted by Gasteiger charge is -2.08. The first-order chi connectivity index (χ1) is 9.49. The Morgan fingerprint density at radius 2 is 1.75 bits per heavy atom. The van der Waals surface area contributed by atoms with E-state index >= 15 is 0 Å². The zero-order valence-electron chi connectivity index (χ0n) is 11.4. The number of aryl methyl sites for hydroxylation is 3. The second-order valence-corrected chi connectivity index (χ2v) is 6.57. The molecule has 102 valence electrons. The lowest BCUT2D eigenvalue weighted by molar-refractivity contribution is 1.02. The fourth-order valence-electron chi connectivity index (χ4n) is 2.38. The minimum atomic E-state index is -0.149. The van der Waals surface area contributed by atoms with Gasteiger partial charge < -0.3 is 0 Å². The van der Waals surface area contributed by atoms with Crippen LogP contribution in [0.1, 0.15) is 16.7 Å². The molecule has 0 fully saturated rings. The van der Waals surface area contributed by atoms with Gasteiger partial charge in [-0.1, -0.05) is 23.7 Å². The van der Waals surface area contributed by atoms with Crippen LogP contribution in [0.2, 0.25) is 4.34 Å². The first kappa shape index (κ1) is 13.3. The van der Waals surface area contributed by atoms with Crippen molar-refractivity contribution in [3.8, 4) is 10.6 Å². The van der Waals surface area contributed by atoms with E-state index in [2.05, 4.69) is 10.2 Å². The van der Waals surface area contributed by atoms with Gasteiger partial charge in [0.05, 0.1) is 14.6 Å². The molecule has 5 heteroatoms. The van der Waals surface area contributed by atoms with Crippen molar-refractivity contribution >= 4 is 33.7 Å². The van der Waals surface area contributed by atoms with Crippen LogP contribution in [-0.4, -0.2) is 10.2 Å². The van der Waals surface area contributed by atoms with Gasteiger partial charge in [0.15, 0.2) is 0 Å². The van der Waals surface area contributed by atoms with Gasteiger partial charge in [-0.3, -0.25) is 4.79 Å². The van der Waals surface area contributed by atoms with Gasteiger partial charge in [0.1, 0.15) is 5.69 Å². The van der Waals surface area contributed by atoms with Gasteiger partial charge in [-0.25, -0.2) is 5.10 Å². The summed E-state index contributed by atoms with van der Waals surface area (Å²) < 4.78 is 0.756. The van der Waals surface area contributed by atoms with Gasteiger partial charge in [-0.05, 0) is 43.5 Å². The Morgan fingerprint density at radius 1 is 1.10 bits per heavy atom. The van der Waals surface area contributed by atoms with E-state index in [1.165, 1.54) is 11.3 Å². The molecule has 2 aromatic heterocycles. The van der Waals surface area contributed by atoms with Crippen molar-refractivity contribution in [1.29, 1.82) is 0 Å². The average Bonchev–Trinajstić information content (AvgIpc) is 2.74. The molecule has 3 aromatic rings. The second kappa shape index (κ2) is 4.72. The molecular formula is C15H13ClN2OS. The van der Waals surface area contributed by atoms with Crippen molar-refractivity contribution in [3.63, 3.8) is 0 Å². The predicted molar refractivity (Wildman–Crippen MR) is 84.9 cm³/mol. The van der Waals surface area contributed by atoms with Crippen LogP contribution in [0.5, 0.6) is 0 Å². The van der Waals surface area contributed by atoms with Crippen molar-refractivity contribution in [2.45, 2.75) is 20.8 Å². The average molecular weight is 305 g/mol. The van der Waals surface area contributed by atoms with Gasteiger partial charge in [0.2, 0.25) is 0 Å². The van der Waals surface area contributed by atoms with E-state index in [1.54, 1.807) is 0 Å². The van der Waals surface area contributed by atoms with E-state index in [9.17, 15) is 4.79 Å². The molecule has 0 aliphatic rings. The highest BCUT2D eigenvalue weighted by Crippen LogP contribution is 2.37. The summed E-state index contributed by atoms with van der Waals surface area (Å²) in [6, 6.07) is 5.99. The van der Waals surface area contributed by atoms with Crippen molar-refractivity contribution < 1.29 is 0 Å². The summed E-state index contributed by atoms with van der Waals surface area (Å²) in [5, 5.41) is 8.46.